The second kappa shape index (κ2) is 9.08. The zero-order valence-corrected chi connectivity index (χ0v) is 19.3. The number of halogens is 1. The van der Waals surface area contributed by atoms with Gasteiger partial charge in [0, 0.05) is 18.7 Å². The monoisotopic (exact) mass is 464 g/mol. The molecular formula is C26H29FN4O3. The first kappa shape index (κ1) is 22.4. The summed E-state index contributed by atoms with van der Waals surface area (Å²) in [5, 5.41) is 7.83. The van der Waals surface area contributed by atoms with Gasteiger partial charge >= 0.3 is 0 Å². The van der Waals surface area contributed by atoms with Crippen molar-refractivity contribution in [1.82, 2.24) is 20.0 Å². The number of fused-ring (bicyclic) bond motifs is 1. The van der Waals surface area contributed by atoms with E-state index in [1.54, 1.807) is 46.2 Å². The van der Waals surface area contributed by atoms with E-state index in [9.17, 15) is 14.0 Å². The van der Waals surface area contributed by atoms with Crippen molar-refractivity contribution in [2.75, 3.05) is 0 Å². The number of aromatic nitrogens is 2. The molecule has 1 atom stereocenters. The van der Waals surface area contributed by atoms with Gasteiger partial charge in [0.05, 0.1) is 12.8 Å². The van der Waals surface area contributed by atoms with E-state index in [-0.39, 0.29) is 36.8 Å². The minimum atomic E-state index is -1.14. The van der Waals surface area contributed by atoms with Gasteiger partial charge < -0.3 is 14.6 Å². The summed E-state index contributed by atoms with van der Waals surface area (Å²) in [6.45, 7) is 2.26. The maximum atomic E-state index is 14.0. The van der Waals surface area contributed by atoms with Crippen molar-refractivity contribution >= 4 is 11.8 Å². The van der Waals surface area contributed by atoms with Gasteiger partial charge in [-0.3, -0.25) is 14.3 Å². The normalized spacial score (nSPS) is 20.9. The number of rotatable bonds is 6. The Balaban J connectivity index is 1.54. The first-order valence-electron chi connectivity index (χ1n) is 12.0. The lowest BCUT2D eigenvalue weighted by Crippen LogP contribution is -2.66. The molecule has 0 radical (unpaired) electrons. The Morgan fingerprint density at radius 2 is 2.03 bits per heavy atom. The second-order valence-corrected chi connectivity index (χ2v) is 9.26. The lowest BCUT2D eigenvalue weighted by molar-refractivity contribution is -0.136. The average Bonchev–Trinajstić information content (AvgIpc) is 3.51. The first-order chi connectivity index (χ1) is 16.5. The largest absolute Gasteiger partial charge is 0.463 e. The molecule has 2 aromatic heterocycles. The summed E-state index contributed by atoms with van der Waals surface area (Å²) in [4.78, 5) is 29.3. The molecule has 1 aliphatic heterocycles. The van der Waals surface area contributed by atoms with Crippen molar-refractivity contribution < 1.29 is 18.4 Å². The molecule has 3 aromatic rings. The van der Waals surface area contributed by atoms with Crippen LogP contribution in [-0.4, -0.2) is 38.1 Å². The third-order valence-corrected chi connectivity index (χ3v) is 7.12. The van der Waals surface area contributed by atoms with E-state index >= 15 is 0 Å². The zero-order valence-electron chi connectivity index (χ0n) is 19.3. The van der Waals surface area contributed by atoms with Crippen molar-refractivity contribution in [2.45, 2.75) is 70.1 Å². The van der Waals surface area contributed by atoms with Gasteiger partial charge in [0.15, 0.2) is 5.76 Å². The molecule has 0 spiro atoms. The van der Waals surface area contributed by atoms with E-state index in [4.69, 9.17) is 4.42 Å². The number of furan rings is 1. The Hall–Kier alpha value is -3.42. The van der Waals surface area contributed by atoms with Crippen LogP contribution < -0.4 is 5.32 Å². The fourth-order valence-corrected chi connectivity index (χ4v) is 5.19. The van der Waals surface area contributed by atoms with Crippen LogP contribution in [0.15, 0.2) is 53.1 Å². The van der Waals surface area contributed by atoms with Crippen LogP contribution in [0.3, 0.4) is 0 Å². The van der Waals surface area contributed by atoms with Gasteiger partial charge in [-0.15, -0.1) is 0 Å². The Morgan fingerprint density at radius 3 is 2.74 bits per heavy atom. The molecule has 3 heterocycles. The summed E-state index contributed by atoms with van der Waals surface area (Å²) in [6.07, 6.45) is 7.21. The van der Waals surface area contributed by atoms with Gasteiger partial charge in [0.1, 0.15) is 22.7 Å². The number of nitrogens with one attached hydrogen (secondary N) is 1. The van der Waals surface area contributed by atoms with Gasteiger partial charge in [-0.1, -0.05) is 38.3 Å². The maximum Gasteiger partial charge on any atom is 0.273 e. The van der Waals surface area contributed by atoms with E-state index in [1.165, 1.54) is 18.6 Å². The van der Waals surface area contributed by atoms with Gasteiger partial charge in [0.2, 0.25) is 5.91 Å². The van der Waals surface area contributed by atoms with Gasteiger partial charge in [-0.2, -0.15) is 5.10 Å². The number of amides is 2. The smallest absolute Gasteiger partial charge is 0.273 e. The fraction of sp³-hybridized carbons (Fsp3) is 0.423. The van der Waals surface area contributed by atoms with Crippen molar-refractivity contribution in [3.8, 4) is 11.5 Å². The van der Waals surface area contributed by atoms with Crippen LogP contribution >= 0.6 is 0 Å². The lowest BCUT2D eigenvalue weighted by atomic mass is 9.87. The molecule has 1 saturated carbocycles. The summed E-state index contributed by atoms with van der Waals surface area (Å²) in [6, 6.07) is 11.5. The van der Waals surface area contributed by atoms with E-state index in [0.29, 0.717) is 29.1 Å². The van der Waals surface area contributed by atoms with Gasteiger partial charge in [0.25, 0.3) is 5.91 Å². The molecule has 1 N–H and O–H groups in total. The summed E-state index contributed by atoms with van der Waals surface area (Å²) in [7, 11) is 0. The predicted octanol–water partition coefficient (Wildman–Crippen LogP) is 4.54. The van der Waals surface area contributed by atoms with E-state index in [1.807, 2.05) is 6.92 Å². The van der Waals surface area contributed by atoms with Crippen molar-refractivity contribution in [1.29, 1.82) is 0 Å². The fourth-order valence-electron chi connectivity index (χ4n) is 5.19. The van der Waals surface area contributed by atoms with Crippen LogP contribution in [0.2, 0.25) is 0 Å². The van der Waals surface area contributed by atoms with E-state index in [2.05, 4.69) is 10.4 Å². The number of benzene rings is 1. The van der Waals surface area contributed by atoms with Crippen LogP contribution in [0.4, 0.5) is 4.39 Å². The minimum Gasteiger partial charge on any atom is -0.463 e. The molecule has 8 heteroatoms. The topological polar surface area (TPSA) is 80.4 Å². The van der Waals surface area contributed by atoms with Crippen molar-refractivity contribution in [3.05, 3.63) is 65.8 Å². The average molecular weight is 465 g/mol. The quantitative estimate of drug-likeness (QED) is 0.581. The van der Waals surface area contributed by atoms with Gasteiger partial charge in [-0.25, -0.2) is 4.39 Å². The molecule has 5 rings (SSSR count). The third kappa shape index (κ3) is 4.02. The molecule has 1 fully saturated rings. The molecular weight excluding hydrogens is 435 g/mol. The standard InChI is InChI=1S/C26H29FN4O3/c1-2-26(25(33)28-20-10-4-3-5-11-20)17-31-22(15-21(29-31)23-12-7-13-34-23)24(32)30(26)16-18-8-6-9-19(27)14-18/h6-9,12-15,20H,2-5,10-11,16-17H2,1H3,(H,28,33). The SMILES string of the molecule is CCC1(C(=O)NC2CCCCC2)Cn2nc(-c3ccco3)cc2C(=O)N1Cc1cccc(F)c1. The summed E-state index contributed by atoms with van der Waals surface area (Å²) < 4.78 is 21.0. The highest BCUT2D eigenvalue weighted by Crippen LogP contribution is 2.34. The Bertz CT molecular complexity index is 1180. The highest BCUT2D eigenvalue weighted by molar-refractivity contribution is 6.00. The Kier molecular flexibility index (Phi) is 5.98. The van der Waals surface area contributed by atoms with Crippen LogP contribution in [0.5, 0.6) is 0 Å². The Labute approximate surface area is 197 Å². The number of hydrogen-bond acceptors (Lipinski definition) is 4. The summed E-state index contributed by atoms with van der Waals surface area (Å²) in [5.41, 5.74) is 0.423. The number of nitrogens with zero attached hydrogens (tertiary/aromatic N) is 3. The predicted molar refractivity (Wildman–Crippen MR) is 124 cm³/mol. The highest BCUT2D eigenvalue weighted by atomic mass is 19.1. The molecule has 1 unspecified atom stereocenters. The highest BCUT2D eigenvalue weighted by Gasteiger charge is 2.50. The van der Waals surface area contributed by atoms with Gasteiger partial charge in [-0.05, 0) is 49.1 Å². The lowest BCUT2D eigenvalue weighted by Gasteiger charge is -2.46. The molecule has 34 heavy (non-hydrogen) atoms. The molecule has 0 bridgehead atoms. The number of hydrogen-bond donors (Lipinski definition) is 1. The molecule has 7 nitrogen and oxygen atoms in total. The minimum absolute atomic E-state index is 0.105. The van der Waals surface area contributed by atoms with E-state index in [0.717, 1.165) is 25.7 Å². The maximum absolute atomic E-state index is 14.0. The van der Waals surface area contributed by atoms with Crippen molar-refractivity contribution in [3.63, 3.8) is 0 Å². The molecule has 1 aromatic carbocycles. The molecule has 2 aliphatic rings. The second-order valence-electron chi connectivity index (χ2n) is 9.26. The van der Waals surface area contributed by atoms with Crippen LogP contribution in [0.1, 0.15) is 61.5 Å². The molecule has 0 saturated heterocycles. The summed E-state index contributed by atoms with van der Waals surface area (Å²) in [5.74, 6) is -0.296. The van der Waals surface area contributed by atoms with Crippen LogP contribution in [0, 0.1) is 5.82 Å². The molecule has 1 aliphatic carbocycles. The molecule has 178 valence electrons. The third-order valence-electron chi connectivity index (χ3n) is 7.12. The van der Waals surface area contributed by atoms with Crippen LogP contribution in [0.25, 0.3) is 11.5 Å². The molecule has 2 amide bonds. The summed E-state index contributed by atoms with van der Waals surface area (Å²) >= 11 is 0. The first-order valence-corrected chi connectivity index (χ1v) is 12.0. The number of carbonyl (C=O) groups excluding carboxylic acids is 2. The Morgan fingerprint density at radius 1 is 1.21 bits per heavy atom. The zero-order chi connectivity index (χ0) is 23.7. The number of carbonyl (C=O) groups is 2. The van der Waals surface area contributed by atoms with Crippen LogP contribution in [-0.2, 0) is 17.9 Å². The van der Waals surface area contributed by atoms with Crippen molar-refractivity contribution in [2.24, 2.45) is 0 Å². The van der Waals surface area contributed by atoms with E-state index < -0.39 is 5.54 Å².